The number of aromatic nitrogens is 2. The Morgan fingerprint density at radius 1 is 1.10 bits per heavy atom. The number of hydrogen-bond acceptors (Lipinski definition) is 4. The zero-order valence-electron chi connectivity index (χ0n) is 25.4. The summed E-state index contributed by atoms with van der Waals surface area (Å²) in [5, 5.41) is 7.68. The van der Waals surface area contributed by atoms with Crippen LogP contribution in [0.1, 0.15) is 83.7 Å². The molecule has 6 nitrogen and oxygen atoms in total. The fourth-order valence-corrected chi connectivity index (χ4v) is 4.44. The van der Waals surface area contributed by atoms with Gasteiger partial charge < -0.3 is 15.2 Å². The summed E-state index contributed by atoms with van der Waals surface area (Å²) in [4.78, 5) is 28.5. The monoisotopic (exact) mass is 562 g/mol. The summed E-state index contributed by atoms with van der Waals surface area (Å²) in [6.07, 6.45) is 11.6. The minimum atomic E-state index is -0.323. The third-order valence-corrected chi connectivity index (χ3v) is 6.31. The van der Waals surface area contributed by atoms with Crippen molar-refractivity contribution < 1.29 is 9.59 Å². The first-order valence-corrected chi connectivity index (χ1v) is 14.8. The Morgan fingerprint density at radius 2 is 1.82 bits per heavy atom. The van der Waals surface area contributed by atoms with Crippen LogP contribution in [0.4, 0.5) is 5.13 Å². The Bertz CT molecular complexity index is 1300. The number of amides is 2. The van der Waals surface area contributed by atoms with Crippen LogP contribution in [0.3, 0.4) is 0 Å². The van der Waals surface area contributed by atoms with E-state index >= 15 is 0 Å². The number of anilines is 1. The van der Waals surface area contributed by atoms with E-state index in [1.165, 1.54) is 35.3 Å². The van der Waals surface area contributed by atoms with Crippen LogP contribution in [0.25, 0.3) is 16.8 Å². The average Bonchev–Trinajstić information content (AvgIpc) is 3.58. The number of carbonyl (C=O) groups is 2. The van der Waals surface area contributed by atoms with Crippen molar-refractivity contribution in [2.75, 3.05) is 11.9 Å². The molecule has 7 heteroatoms. The van der Waals surface area contributed by atoms with Crippen LogP contribution in [0.5, 0.6) is 0 Å². The van der Waals surface area contributed by atoms with E-state index < -0.39 is 0 Å². The summed E-state index contributed by atoms with van der Waals surface area (Å²) in [6.45, 7) is 18.6. The Morgan fingerprint density at radius 3 is 2.42 bits per heavy atom. The highest BCUT2D eigenvalue weighted by molar-refractivity contribution is 7.14. The van der Waals surface area contributed by atoms with E-state index in [1.807, 2.05) is 57.5 Å². The third-order valence-electron chi connectivity index (χ3n) is 5.55. The number of thiazole rings is 1. The summed E-state index contributed by atoms with van der Waals surface area (Å²) in [6, 6.07) is 9.63. The molecular weight excluding hydrogens is 516 g/mol. The van der Waals surface area contributed by atoms with Crippen LogP contribution in [-0.2, 0) is 11.8 Å². The van der Waals surface area contributed by atoms with Gasteiger partial charge in [-0.2, -0.15) is 0 Å². The first-order chi connectivity index (χ1) is 19.1. The van der Waals surface area contributed by atoms with E-state index in [1.54, 1.807) is 23.0 Å². The lowest BCUT2D eigenvalue weighted by Crippen LogP contribution is -2.32. The molecule has 1 aromatic carbocycles. The van der Waals surface area contributed by atoms with Crippen LogP contribution >= 0.6 is 11.3 Å². The van der Waals surface area contributed by atoms with Crippen molar-refractivity contribution in [2.24, 2.45) is 7.05 Å². The summed E-state index contributed by atoms with van der Waals surface area (Å²) in [7, 11) is 1.83. The highest BCUT2D eigenvalue weighted by Gasteiger charge is 2.11. The minimum Gasteiger partial charge on any atom is -0.356 e. The van der Waals surface area contributed by atoms with E-state index in [9.17, 15) is 9.59 Å². The molecule has 0 bridgehead atoms. The Hall–Kier alpha value is -3.71. The molecule has 0 saturated heterocycles. The lowest BCUT2D eigenvalue weighted by atomic mass is 10.0. The van der Waals surface area contributed by atoms with Crippen LogP contribution in [0.2, 0.25) is 0 Å². The second kappa shape index (κ2) is 18.6. The first-order valence-electron chi connectivity index (χ1n) is 13.9. The molecule has 0 spiro atoms. The zero-order valence-corrected chi connectivity index (χ0v) is 26.2. The maximum atomic E-state index is 12.1. The van der Waals surface area contributed by atoms with E-state index in [0.717, 1.165) is 28.8 Å². The van der Waals surface area contributed by atoms with Crippen molar-refractivity contribution in [2.45, 2.75) is 67.7 Å². The Balaban J connectivity index is 0.000000520. The van der Waals surface area contributed by atoms with Gasteiger partial charge in [0.1, 0.15) is 0 Å². The van der Waals surface area contributed by atoms with Gasteiger partial charge in [-0.1, -0.05) is 87.8 Å². The zero-order chi connectivity index (χ0) is 30.1. The van der Waals surface area contributed by atoms with Gasteiger partial charge in [-0.3, -0.25) is 9.59 Å². The van der Waals surface area contributed by atoms with Gasteiger partial charge in [-0.25, -0.2) is 4.98 Å². The number of rotatable bonds is 10. The fraction of sp³-hybridized carbons (Fsp3) is 0.364. The molecule has 2 heterocycles. The summed E-state index contributed by atoms with van der Waals surface area (Å²) < 4.78 is 1.77. The van der Waals surface area contributed by atoms with E-state index in [4.69, 9.17) is 0 Å². The molecular formula is C33H46N4O2S. The number of allylic oxidation sites excluding steroid dienone is 5. The Labute approximate surface area is 244 Å². The van der Waals surface area contributed by atoms with E-state index in [2.05, 4.69) is 62.0 Å². The van der Waals surface area contributed by atoms with Gasteiger partial charge in [0.25, 0.3) is 5.91 Å². The summed E-state index contributed by atoms with van der Waals surface area (Å²) in [5.41, 5.74) is 7.19. The lowest BCUT2D eigenvalue weighted by Gasteiger charge is -2.04. The van der Waals surface area contributed by atoms with Crippen molar-refractivity contribution in [3.8, 4) is 11.3 Å². The molecule has 2 N–H and O–H groups in total. The summed E-state index contributed by atoms with van der Waals surface area (Å²) >= 11 is 1.34. The molecule has 0 aliphatic rings. The van der Waals surface area contributed by atoms with Crippen LogP contribution in [0.15, 0.2) is 78.0 Å². The second-order valence-electron chi connectivity index (χ2n) is 9.29. The van der Waals surface area contributed by atoms with E-state index in [0.29, 0.717) is 10.7 Å². The molecule has 0 radical (unpaired) electrons. The highest BCUT2D eigenvalue weighted by Crippen LogP contribution is 2.27. The second-order valence-corrected chi connectivity index (χ2v) is 10.2. The molecule has 0 unspecified atom stereocenters. The standard InChI is InChI=1S/C20H20N4O2S.C11H20.C2H6/c1-13(2)14-5-4-6-15(9-14)17-12-27-20(22-17)23-18(25)10-21-19(26)16-7-8-24(3)11-16;1-5-7-10(3)9-11(4)8-6-2;1-2/h4-9,11-12H,1,10H2,2-3H3,(H,21,26)(H,22,23,25);7,9H,5-6,8H2,1-4H3;1-2H3/b;10-7+,11-9-;. The molecule has 2 amide bonds. The van der Waals surface area contributed by atoms with Crippen LogP contribution in [0, 0.1) is 0 Å². The van der Waals surface area contributed by atoms with Gasteiger partial charge >= 0.3 is 0 Å². The molecule has 2 aromatic heterocycles. The van der Waals surface area contributed by atoms with Crippen molar-refractivity contribution in [3.05, 3.63) is 89.1 Å². The summed E-state index contributed by atoms with van der Waals surface area (Å²) in [5.74, 6) is -0.613. The van der Waals surface area contributed by atoms with Gasteiger partial charge in [0.2, 0.25) is 5.91 Å². The lowest BCUT2D eigenvalue weighted by molar-refractivity contribution is -0.115. The van der Waals surface area contributed by atoms with Crippen LogP contribution < -0.4 is 10.6 Å². The van der Waals surface area contributed by atoms with Crippen molar-refractivity contribution >= 4 is 33.9 Å². The van der Waals surface area contributed by atoms with Gasteiger partial charge in [0.05, 0.1) is 17.8 Å². The SMILES string of the molecule is C=C(C)c1cccc(-c2csc(NC(=O)CNC(=O)c3ccn(C)c3)n2)c1.CC.CC/C=C(C)/C=C(/C)CCC. The number of nitrogens with one attached hydrogen (secondary N) is 2. The normalized spacial score (nSPS) is 11.0. The number of benzene rings is 1. The molecule has 0 aliphatic heterocycles. The fourth-order valence-electron chi connectivity index (χ4n) is 3.71. The molecule has 40 heavy (non-hydrogen) atoms. The largest absolute Gasteiger partial charge is 0.356 e. The quantitative estimate of drug-likeness (QED) is 0.243. The third kappa shape index (κ3) is 12.4. The van der Waals surface area contributed by atoms with Crippen molar-refractivity contribution in [1.82, 2.24) is 14.9 Å². The van der Waals surface area contributed by atoms with Gasteiger partial charge in [0.15, 0.2) is 5.13 Å². The van der Waals surface area contributed by atoms with Crippen molar-refractivity contribution in [3.63, 3.8) is 0 Å². The smallest absolute Gasteiger partial charge is 0.253 e. The molecule has 3 rings (SSSR count). The molecule has 0 aliphatic carbocycles. The highest BCUT2D eigenvalue weighted by atomic mass is 32.1. The number of nitrogens with zero attached hydrogens (tertiary/aromatic N) is 2. The maximum absolute atomic E-state index is 12.1. The Kier molecular flexibility index (Phi) is 15.9. The topological polar surface area (TPSA) is 76.0 Å². The van der Waals surface area contributed by atoms with Gasteiger partial charge in [-0.05, 0) is 51.3 Å². The average molecular weight is 563 g/mol. The van der Waals surface area contributed by atoms with Crippen LogP contribution in [-0.4, -0.2) is 27.9 Å². The van der Waals surface area contributed by atoms with Gasteiger partial charge in [-0.15, -0.1) is 11.3 Å². The molecule has 0 atom stereocenters. The predicted octanol–water partition coefficient (Wildman–Crippen LogP) is 8.67. The molecule has 0 fully saturated rings. The first kappa shape index (κ1) is 34.3. The maximum Gasteiger partial charge on any atom is 0.253 e. The van der Waals surface area contributed by atoms with Gasteiger partial charge in [0, 0.05) is 30.4 Å². The molecule has 3 aromatic rings. The number of hydrogen-bond donors (Lipinski definition) is 2. The molecule has 216 valence electrons. The van der Waals surface area contributed by atoms with E-state index in [-0.39, 0.29) is 18.4 Å². The predicted molar refractivity (Wildman–Crippen MR) is 173 cm³/mol. The van der Waals surface area contributed by atoms with Crippen molar-refractivity contribution in [1.29, 1.82) is 0 Å². The molecule has 0 saturated carbocycles. The number of carbonyl (C=O) groups excluding carboxylic acids is 2. The number of aryl methyl sites for hydroxylation is 1. The minimum absolute atomic E-state index is 0.117.